The van der Waals surface area contributed by atoms with E-state index in [0.717, 1.165) is 39.7 Å². The van der Waals surface area contributed by atoms with Gasteiger partial charge in [0.05, 0.1) is 18.1 Å². The second-order valence-electron chi connectivity index (χ2n) is 8.26. The Balaban J connectivity index is 1.60. The van der Waals surface area contributed by atoms with E-state index in [9.17, 15) is 22.4 Å². The van der Waals surface area contributed by atoms with E-state index in [1.165, 1.54) is 4.90 Å². The molecule has 2 saturated heterocycles. The Kier molecular flexibility index (Phi) is 7.65. The number of carbonyl (C=O) groups is 2. The van der Waals surface area contributed by atoms with Crippen molar-refractivity contribution < 1.29 is 27.1 Å². The van der Waals surface area contributed by atoms with Crippen molar-refractivity contribution >= 4 is 22.0 Å². The SMILES string of the molecule is NCc1cccc(CNC(=O)C2N(C(=O)N3CCOCC3)CCN2S(=O)(=O)c2ccc(F)cc2)c1. The zero-order valence-electron chi connectivity index (χ0n) is 19.1. The molecule has 1 unspecified atom stereocenters. The topological polar surface area (TPSA) is 125 Å². The number of sulfonamides is 1. The third kappa shape index (κ3) is 5.45. The third-order valence-electron chi connectivity index (χ3n) is 6.01. The van der Waals surface area contributed by atoms with Gasteiger partial charge < -0.3 is 20.7 Å². The van der Waals surface area contributed by atoms with Gasteiger partial charge >= 0.3 is 6.03 Å². The molecule has 4 rings (SSSR count). The number of halogens is 1. The lowest BCUT2D eigenvalue weighted by Gasteiger charge is -2.34. The molecule has 2 aromatic rings. The fourth-order valence-electron chi connectivity index (χ4n) is 4.16. The fourth-order valence-corrected chi connectivity index (χ4v) is 5.70. The molecule has 35 heavy (non-hydrogen) atoms. The van der Waals surface area contributed by atoms with Crippen LogP contribution in [0.5, 0.6) is 0 Å². The number of amides is 3. The summed E-state index contributed by atoms with van der Waals surface area (Å²) in [4.78, 5) is 29.3. The number of nitrogens with two attached hydrogens (primary N) is 1. The van der Waals surface area contributed by atoms with Crippen LogP contribution in [0.4, 0.5) is 9.18 Å². The van der Waals surface area contributed by atoms with Crippen LogP contribution in [-0.2, 0) is 32.6 Å². The van der Waals surface area contributed by atoms with Crippen molar-refractivity contribution in [2.75, 3.05) is 39.4 Å². The number of ether oxygens (including phenoxy) is 1. The zero-order chi connectivity index (χ0) is 25.0. The molecule has 12 heteroatoms. The molecule has 2 aliphatic rings. The average molecular weight is 506 g/mol. The van der Waals surface area contributed by atoms with E-state index in [4.69, 9.17) is 10.5 Å². The van der Waals surface area contributed by atoms with Crippen molar-refractivity contribution in [2.24, 2.45) is 5.73 Å². The molecule has 0 aromatic heterocycles. The van der Waals surface area contributed by atoms with Crippen LogP contribution in [0.15, 0.2) is 53.4 Å². The summed E-state index contributed by atoms with van der Waals surface area (Å²) in [6, 6.07) is 11.3. The minimum absolute atomic E-state index is 0.0390. The van der Waals surface area contributed by atoms with Gasteiger partial charge in [-0.3, -0.25) is 9.69 Å². The summed E-state index contributed by atoms with van der Waals surface area (Å²) < 4.78 is 46.5. The average Bonchev–Trinajstić information content (AvgIpc) is 3.34. The van der Waals surface area contributed by atoms with E-state index in [-0.39, 0.29) is 24.5 Å². The van der Waals surface area contributed by atoms with Crippen LogP contribution in [0.25, 0.3) is 0 Å². The smallest absolute Gasteiger partial charge is 0.321 e. The van der Waals surface area contributed by atoms with Gasteiger partial charge in [0.15, 0.2) is 6.17 Å². The van der Waals surface area contributed by atoms with Crippen molar-refractivity contribution in [3.63, 3.8) is 0 Å². The van der Waals surface area contributed by atoms with Crippen LogP contribution < -0.4 is 11.1 Å². The normalized spacial score (nSPS) is 19.1. The van der Waals surface area contributed by atoms with E-state index in [2.05, 4.69) is 5.32 Å². The second kappa shape index (κ2) is 10.7. The van der Waals surface area contributed by atoms with Crippen LogP contribution in [-0.4, -0.2) is 80.0 Å². The molecule has 0 spiro atoms. The maximum atomic E-state index is 13.4. The molecule has 10 nitrogen and oxygen atoms in total. The molecule has 3 amide bonds. The van der Waals surface area contributed by atoms with Gasteiger partial charge in [0, 0.05) is 39.3 Å². The lowest BCUT2D eigenvalue weighted by Crippen LogP contribution is -2.57. The number of hydrogen-bond donors (Lipinski definition) is 2. The standard InChI is InChI=1S/C23H28FN5O5S/c24-19-4-6-20(7-5-19)35(32,33)29-9-8-28(23(31)27-10-12-34-13-11-27)22(29)21(30)26-16-18-3-1-2-17(14-18)15-25/h1-7,14,22H,8-13,15-16,25H2,(H,26,30). The number of hydrogen-bond acceptors (Lipinski definition) is 6. The van der Waals surface area contributed by atoms with Gasteiger partial charge in [-0.15, -0.1) is 0 Å². The molecule has 0 saturated carbocycles. The lowest BCUT2D eigenvalue weighted by atomic mass is 10.1. The summed E-state index contributed by atoms with van der Waals surface area (Å²) in [5.74, 6) is -1.21. The minimum Gasteiger partial charge on any atom is -0.378 e. The fraction of sp³-hybridized carbons (Fsp3) is 0.391. The first-order valence-corrected chi connectivity index (χ1v) is 12.7. The predicted octanol–water partition coefficient (Wildman–Crippen LogP) is 0.685. The van der Waals surface area contributed by atoms with Crippen molar-refractivity contribution in [1.82, 2.24) is 19.4 Å². The monoisotopic (exact) mass is 505 g/mol. The molecule has 2 aromatic carbocycles. The van der Waals surface area contributed by atoms with Crippen molar-refractivity contribution in [3.8, 4) is 0 Å². The molecule has 0 bridgehead atoms. The number of nitrogens with one attached hydrogen (secondary N) is 1. The van der Waals surface area contributed by atoms with E-state index in [1.54, 1.807) is 4.90 Å². The summed E-state index contributed by atoms with van der Waals surface area (Å²) in [7, 11) is -4.19. The first-order valence-electron chi connectivity index (χ1n) is 11.3. The summed E-state index contributed by atoms with van der Waals surface area (Å²) in [6.45, 7) is 1.87. The number of urea groups is 1. The summed E-state index contributed by atoms with van der Waals surface area (Å²) in [5, 5.41) is 2.76. The second-order valence-corrected chi connectivity index (χ2v) is 10.2. The highest BCUT2D eigenvalue weighted by atomic mass is 32.2. The number of morpholine rings is 1. The predicted molar refractivity (Wildman–Crippen MR) is 125 cm³/mol. The third-order valence-corrected chi connectivity index (χ3v) is 7.87. The van der Waals surface area contributed by atoms with Crippen molar-refractivity contribution in [2.45, 2.75) is 24.2 Å². The molecule has 2 heterocycles. The maximum absolute atomic E-state index is 13.4. The Morgan fingerprint density at radius 3 is 2.40 bits per heavy atom. The molecular formula is C23H28FN5O5S. The van der Waals surface area contributed by atoms with Gasteiger partial charge in [-0.2, -0.15) is 4.31 Å². The van der Waals surface area contributed by atoms with Gasteiger partial charge in [0.1, 0.15) is 5.82 Å². The molecule has 0 aliphatic carbocycles. The van der Waals surface area contributed by atoms with Gasteiger partial charge in [0.2, 0.25) is 10.0 Å². The van der Waals surface area contributed by atoms with E-state index in [1.807, 2.05) is 24.3 Å². The first-order chi connectivity index (χ1) is 16.8. The zero-order valence-corrected chi connectivity index (χ0v) is 19.9. The Bertz CT molecular complexity index is 1170. The molecule has 3 N–H and O–H groups in total. The van der Waals surface area contributed by atoms with E-state index >= 15 is 0 Å². The highest BCUT2D eigenvalue weighted by molar-refractivity contribution is 7.89. The van der Waals surface area contributed by atoms with E-state index in [0.29, 0.717) is 32.8 Å². The molecule has 1 atom stereocenters. The van der Waals surface area contributed by atoms with Gasteiger partial charge in [-0.1, -0.05) is 24.3 Å². The largest absolute Gasteiger partial charge is 0.378 e. The summed E-state index contributed by atoms with van der Waals surface area (Å²) >= 11 is 0. The van der Waals surface area contributed by atoms with Crippen molar-refractivity contribution in [3.05, 3.63) is 65.5 Å². The van der Waals surface area contributed by atoms with Gasteiger partial charge in [-0.25, -0.2) is 17.6 Å². The van der Waals surface area contributed by atoms with Crippen LogP contribution in [0.3, 0.4) is 0 Å². The molecule has 2 fully saturated rings. The number of benzene rings is 2. The Morgan fingerprint density at radius 2 is 1.71 bits per heavy atom. The molecular weight excluding hydrogens is 477 g/mol. The number of nitrogens with zero attached hydrogens (tertiary/aromatic N) is 3. The highest BCUT2D eigenvalue weighted by Crippen LogP contribution is 2.26. The van der Waals surface area contributed by atoms with E-state index < -0.39 is 33.9 Å². The quantitative estimate of drug-likeness (QED) is 0.595. The van der Waals surface area contributed by atoms with Crippen LogP contribution in [0.2, 0.25) is 0 Å². The Hall–Kier alpha value is -3.06. The molecule has 2 aliphatic heterocycles. The van der Waals surface area contributed by atoms with Crippen molar-refractivity contribution in [1.29, 1.82) is 0 Å². The molecule has 188 valence electrons. The Morgan fingerprint density at radius 1 is 1.03 bits per heavy atom. The highest BCUT2D eigenvalue weighted by Gasteiger charge is 2.47. The number of rotatable bonds is 6. The van der Waals surface area contributed by atoms with Crippen LogP contribution in [0, 0.1) is 5.82 Å². The van der Waals surface area contributed by atoms with Crippen LogP contribution in [0.1, 0.15) is 11.1 Å². The lowest BCUT2D eigenvalue weighted by molar-refractivity contribution is -0.127. The van der Waals surface area contributed by atoms with Gasteiger partial charge in [0.25, 0.3) is 5.91 Å². The van der Waals surface area contributed by atoms with Gasteiger partial charge in [-0.05, 0) is 35.4 Å². The number of carbonyl (C=O) groups excluding carboxylic acids is 2. The van der Waals surface area contributed by atoms with Crippen LogP contribution >= 0.6 is 0 Å². The summed E-state index contributed by atoms with van der Waals surface area (Å²) in [6.07, 6.45) is -1.39. The summed E-state index contributed by atoms with van der Waals surface area (Å²) in [5.41, 5.74) is 7.37. The molecule has 0 radical (unpaired) electrons. The first kappa shape index (κ1) is 25.0. The minimum atomic E-state index is -4.19. The maximum Gasteiger partial charge on any atom is 0.321 e. The Labute approximate surface area is 203 Å².